The van der Waals surface area contributed by atoms with Crippen LogP contribution in [0.1, 0.15) is 32.8 Å². The molecule has 0 bridgehead atoms. The van der Waals surface area contributed by atoms with E-state index in [-0.39, 0.29) is 5.54 Å². The van der Waals surface area contributed by atoms with E-state index in [2.05, 4.69) is 11.9 Å². The van der Waals surface area contributed by atoms with Crippen LogP contribution in [0.3, 0.4) is 0 Å². The molecule has 0 fully saturated rings. The van der Waals surface area contributed by atoms with Gasteiger partial charge in [0.2, 0.25) is 5.95 Å². The van der Waals surface area contributed by atoms with Gasteiger partial charge in [0.25, 0.3) is 0 Å². The standard InChI is InChI=1S/C19H23FN2O2/c1-12(8-19(2,3)21)10-23-14-4-5-15-13(6-14)11-24-17-9-22-18(20)7-16(15)17/h4-7,9,12H,8,10-11,21H2,1-3H3/t12-/m0/s1. The van der Waals surface area contributed by atoms with Gasteiger partial charge in [0.1, 0.15) is 18.1 Å². The molecule has 4 nitrogen and oxygen atoms in total. The molecule has 128 valence electrons. The molecule has 0 amide bonds. The highest BCUT2D eigenvalue weighted by atomic mass is 19.1. The Morgan fingerprint density at radius 3 is 2.88 bits per heavy atom. The van der Waals surface area contributed by atoms with Crippen molar-refractivity contribution in [2.45, 2.75) is 39.3 Å². The Bertz CT molecular complexity index is 741. The van der Waals surface area contributed by atoms with E-state index in [9.17, 15) is 4.39 Å². The van der Waals surface area contributed by atoms with Crippen LogP contribution in [-0.4, -0.2) is 17.1 Å². The third-order valence-electron chi connectivity index (χ3n) is 3.99. The third-order valence-corrected chi connectivity index (χ3v) is 3.99. The van der Waals surface area contributed by atoms with Gasteiger partial charge in [-0.2, -0.15) is 4.39 Å². The molecule has 1 aromatic carbocycles. The van der Waals surface area contributed by atoms with Crippen LogP contribution in [0.15, 0.2) is 30.5 Å². The summed E-state index contributed by atoms with van der Waals surface area (Å²) < 4.78 is 25.0. The number of aromatic nitrogens is 1. The van der Waals surface area contributed by atoms with Gasteiger partial charge in [0.15, 0.2) is 0 Å². The topological polar surface area (TPSA) is 57.4 Å². The second kappa shape index (κ2) is 6.40. The SMILES string of the molecule is C[C@H](COc1ccc2c(c1)COc1cnc(F)cc1-2)CC(C)(C)N. The number of hydrogen-bond donors (Lipinski definition) is 1. The molecule has 2 heterocycles. The van der Waals surface area contributed by atoms with E-state index < -0.39 is 5.95 Å². The van der Waals surface area contributed by atoms with Crippen molar-refractivity contribution in [3.63, 3.8) is 0 Å². The van der Waals surface area contributed by atoms with Gasteiger partial charge in [-0.15, -0.1) is 0 Å². The molecule has 0 radical (unpaired) electrons. The number of hydrogen-bond acceptors (Lipinski definition) is 4. The first-order valence-electron chi connectivity index (χ1n) is 8.15. The largest absolute Gasteiger partial charge is 0.493 e. The fourth-order valence-corrected chi connectivity index (χ4v) is 3.14. The highest BCUT2D eigenvalue weighted by Gasteiger charge is 2.20. The normalized spacial score (nSPS) is 14.4. The Morgan fingerprint density at radius 1 is 1.33 bits per heavy atom. The summed E-state index contributed by atoms with van der Waals surface area (Å²) in [5, 5.41) is 0. The maximum atomic E-state index is 13.4. The molecule has 24 heavy (non-hydrogen) atoms. The minimum atomic E-state index is -0.510. The van der Waals surface area contributed by atoms with E-state index in [1.165, 1.54) is 12.3 Å². The van der Waals surface area contributed by atoms with E-state index in [0.29, 0.717) is 24.9 Å². The fraction of sp³-hybridized carbons (Fsp3) is 0.421. The average molecular weight is 330 g/mol. The number of fused-ring (bicyclic) bond motifs is 3. The van der Waals surface area contributed by atoms with Crippen molar-refractivity contribution >= 4 is 0 Å². The van der Waals surface area contributed by atoms with Crippen LogP contribution in [0, 0.1) is 11.9 Å². The van der Waals surface area contributed by atoms with E-state index in [0.717, 1.165) is 28.9 Å². The van der Waals surface area contributed by atoms with Crippen molar-refractivity contribution in [2.24, 2.45) is 11.7 Å². The molecule has 1 aromatic heterocycles. The lowest BCUT2D eigenvalue weighted by Gasteiger charge is -2.24. The fourth-order valence-electron chi connectivity index (χ4n) is 3.14. The number of rotatable bonds is 5. The summed E-state index contributed by atoms with van der Waals surface area (Å²) in [6.07, 6.45) is 2.31. The highest BCUT2D eigenvalue weighted by Crippen LogP contribution is 2.38. The summed E-state index contributed by atoms with van der Waals surface area (Å²) in [6, 6.07) is 7.21. The number of pyridine rings is 1. The highest BCUT2D eigenvalue weighted by molar-refractivity contribution is 5.75. The lowest BCUT2D eigenvalue weighted by atomic mass is 9.93. The van der Waals surface area contributed by atoms with Gasteiger partial charge < -0.3 is 15.2 Å². The lowest BCUT2D eigenvalue weighted by Crippen LogP contribution is -2.35. The summed E-state index contributed by atoms with van der Waals surface area (Å²) >= 11 is 0. The van der Waals surface area contributed by atoms with Crippen LogP contribution < -0.4 is 15.2 Å². The van der Waals surface area contributed by atoms with Crippen molar-refractivity contribution < 1.29 is 13.9 Å². The quantitative estimate of drug-likeness (QED) is 0.844. The molecular formula is C19H23FN2O2. The zero-order valence-electron chi connectivity index (χ0n) is 14.3. The molecule has 1 aliphatic rings. The molecule has 0 aliphatic carbocycles. The summed E-state index contributed by atoms with van der Waals surface area (Å²) in [5.74, 6) is 1.25. The van der Waals surface area contributed by atoms with Crippen LogP contribution in [0.25, 0.3) is 11.1 Å². The Hall–Kier alpha value is -2.14. The van der Waals surface area contributed by atoms with E-state index in [1.807, 2.05) is 32.0 Å². The van der Waals surface area contributed by atoms with Gasteiger partial charge in [-0.25, -0.2) is 4.98 Å². The predicted octanol–water partition coefficient (Wildman–Crippen LogP) is 3.92. The number of nitrogens with zero attached hydrogens (tertiary/aromatic N) is 1. The van der Waals surface area contributed by atoms with Gasteiger partial charge in [-0.05, 0) is 43.9 Å². The number of ether oxygens (including phenoxy) is 2. The smallest absolute Gasteiger partial charge is 0.213 e. The first-order chi connectivity index (χ1) is 11.3. The van der Waals surface area contributed by atoms with Gasteiger partial charge in [-0.1, -0.05) is 13.0 Å². The van der Waals surface area contributed by atoms with Gasteiger partial charge in [-0.3, -0.25) is 0 Å². The number of benzene rings is 1. The summed E-state index contributed by atoms with van der Waals surface area (Å²) in [5.41, 5.74) is 8.52. The van der Waals surface area contributed by atoms with Gasteiger partial charge in [0.05, 0.1) is 12.8 Å². The molecule has 3 rings (SSSR count). The molecule has 1 atom stereocenters. The molecular weight excluding hydrogens is 307 g/mol. The first-order valence-corrected chi connectivity index (χ1v) is 8.15. The molecule has 0 spiro atoms. The van der Waals surface area contributed by atoms with Crippen molar-refractivity contribution in [2.75, 3.05) is 6.61 Å². The Labute approximate surface area is 141 Å². The van der Waals surface area contributed by atoms with Crippen LogP contribution in [0.4, 0.5) is 4.39 Å². The Balaban J connectivity index is 1.74. The minimum absolute atomic E-state index is 0.200. The van der Waals surface area contributed by atoms with E-state index >= 15 is 0 Å². The van der Waals surface area contributed by atoms with Crippen LogP contribution in [-0.2, 0) is 6.61 Å². The number of nitrogens with two attached hydrogens (primary N) is 1. The van der Waals surface area contributed by atoms with Crippen molar-refractivity contribution in [1.82, 2.24) is 4.98 Å². The molecule has 0 saturated carbocycles. The molecule has 0 saturated heterocycles. The van der Waals surface area contributed by atoms with Gasteiger partial charge >= 0.3 is 0 Å². The van der Waals surface area contributed by atoms with Crippen LogP contribution in [0.2, 0.25) is 0 Å². The van der Waals surface area contributed by atoms with E-state index in [4.69, 9.17) is 15.2 Å². The number of halogens is 1. The summed E-state index contributed by atoms with van der Waals surface area (Å²) in [4.78, 5) is 3.63. The first kappa shape index (κ1) is 16.7. The van der Waals surface area contributed by atoms with Gasteiger partial charge in [0, 0.05) is 22.7 Å². The second-order valence-corrected chi connectivity index (χ2v) is 7.22. The maximum absolute atomic E-state index is 13.4. The average Bonchev–Trinajstić information content (AvgIpc) is 2.51. The summed E-state index contributed by atoms with van der Waals surface area (Å²) in [7, 11) is 0. The second-order valence-electron chi connectivity index (χ2n) is 7.22. The summed E-state index contributed by atoms with van der Waals surface area (Å²) in [6.45, 7) is 7.20. The van der Waals surface area contributed by atoms with Crippen molar-refractivity contribution in [1.29, 1.82) is 0 Å². The Morgan fingerprint density at radius 2 is 2.12 bits per heavy atom. The third kappa shape index (κ3) is 3.85. The molecule has 5 heteroatoms. The Kier molecular flexibility index (Phi) is 4.45. The maximum Gasteiger partial charge on any atom is 0.213 e. The monoisotopic (exact) mass is 330 g/mol. The molecule has 2 aromatic rings. The lowest BCUT2D eigenvalue weighted by molar-refractivity contribution is 0.228. The predicted molar refractivity (Wildman–Crippen MR) is 91.5 cm³/mol. The van der Waals surface area contributed by atoms with Crippen molar-refractivity contribution in [3.8, 4) is 22.6 Å². The molecule has 1 aliphatic heterocycles. The molecule has 0 unspecified atom stereocenters. The minimum Gasteiger partial charge on any atom is -0.493 e. The van der Waals surface area contributed by atoms with Crippen LogP contribution >= 0.6 is 0 Å². The zero-order chi connectivity index (χ0) is 17.3. The molecule has 2 N–H and O–H groups in total. The van der Waals surface area contributed by atoms with Crippen LogP contribution in [0.5, 0.6) is 11.5 Å². The zero-order valence-corrected chi connectivity index (χ0v) is 14.3. The van der Waals surface area contributed by atoms with Crippen molar-refractivity contribution in [3.05, 3.63) is 42.0 Å². The van der Waals surface area contributed by atoms with E-state index in [1.54, 1.807) is 0 Å².